The molecule has 0 aromatic heterocycles. The van der Waals surface area contributed by atoms with Gasteiger partial charge in [-0.3, -0.25) is 28.8 Å². The molecular weight excluding hydrogens is 1990 g/mol. The van der Waals surface area contributed by atoms with Gasteiger partial charge in [-0.15, -0.1) is 0 Å². The van der Waals surface area contributed by atoms with Crippen LogP contribution in [-0.4, -0.2) is 599 Å². The van der Waals surface area contributed by atoms with Crippen LogP contribution in [0.2, 0.25) is 0 Å². The molecular formula is C83H135N7O56. The molecule has 0 bridgehead atoms. The largest absolute Gasteiger partial charge is 0.394 e. The van der Waals surface area contributed by atoms with Crippen LogP contribution in [0.5, 0.6) is 0 Å². The molecule has 10 heterocycles. The summed E-state index contributed by atoms with van der Waals surface area (Å²) in [6, 6.07) is -4.31. The number of anilines is 1. The van der Waals surface area contributed by atoms with Crippen LogP contribution in [0.1, 0.15) is 45.0 Å². The summed E-state index contributed by atoms with van der Waals surface area (Å²) in [4.78, 5) is 78.6. The highest BCUT2D eigenvalue weighted by atomic mass is 16.8. The van der Waals surface area contributed by atoms with Crippen molar-refractivity contribution in [3.8, 4) is 0 Å². The second-order valence-corrected chi connectivity index (χ2v) is 36.4. The second kappa shape index (κ2) is 53.6. The summed E-state index contributed by atoms with van der Waals surface area (Å²) in [7, 11) is 0. The van der Waals surface area contributed by atoms with Gasteiger partial charge >= 0.3 is 0 Å². The summed E-state index contributed by atoms with van der Waals surface area (Å²) in [5, 5.41) is 355. The highest BCUT2D eigenvalue weighted by molar-refractivity contribution is 5.98. The zero-order valence-corrected chi connectivity index (χ0v) is 78.6. The van der Waals surface area contributed by atoms with Gasteiger partial charge < -0.3 is 286 Å². The number of nitrogens with one attached hydrogen (secondary N) is 6. The molecule has 38 N–H and O–H groups in total. The van der Waals surface area contributed by atoms with Crippen molar-refractivity contribution in [1.29, 1.82) is 0 Å². The van der Waals surface area contributed by atoms with Crippen molar-refractivity contribution in [2.24, 2.45) is 5.73 Å². The van der Waals surface area contributed by atoms with E-state index in [1.54, 1.807) is 0 Å². The van der Waals surface area contributed by atoms with Crippen molar-refractivity contribution in [1.82, 2.24) is 26.6 Å². The maximum absolute atomic E-state index is 13.5. The normalized spacial score (nSPS) is 44.3. The Hall–Kier alpha value is -6.16. The summed E-state index contributed by atoms with van der Waals surface area (Å²) in [6.07, 6.45) is -109. The minimum atomic E-state index is -2.80. The Morgan fingerprint density at radius 3 is 0.959 bits per heavy atom. The summed E-state index contributed by atoms with van der Waals surface area (Å²) in [5.41, 5.74) is 5.57. The van der Waals surface area contributed by atoms with E-state index in [4.69, 9.17) is 100 Å². The number of aliphatic hydroxyl groups is 30. The minimum Gasteiger partial charge on any atom is -0.394 e. The summed E-state index contributed by atoms with van der Waals surface area (Å²) in [6.45, 7) is -9.37. The van der Waals surface area contributed by atoms with Crippen LogP contribution in [0.3, 0.4) is 0 Å². The molecule has 838 valence electrons. The fraction of sp³-hybridized carbons (Fsp3) is 0.855. The van der Waals surface area contributed by atoms with Crippen LogP contribution in [0.15, 0.2) is 24.3 Å². The lowest BCUT2D eigenvalue weighted by molar-refractivity contribution is -0.406. The number of amides is 6. The molecule has 1 aromatic carbocycles. The van der Waals surface area contributed by atoms with Gasteiger partial charge in [-0.25, -0.2) is 0 Å². The van der Waals surface area contributed by atoms with Crippen LogP contribution in [0.25, 0.3) is 0 Å². The maximum Gasteiger partial charge on any atom is 0.250 e. The third kappa shape index (κ3) is 27.4. The van der Waals surface area contributed by atoms with Crippen LogP contribution >= 0.6 is 0 Å². The first-order valence-electron chi connectivity index (χ1n) is 46.4. The van der Waals surface area contributed by atoms with Gasteiger partial charge in [-0.05, 0) is 12.1 Å². The van der Waals surface area contributed by atoms with Crippen molar-refractivity contribution in [2.45, 2.75) is 366 Å². The molecule has 10 aliphatic heterocycles. The molecule has 11 rings (SSSR count). The van der Waals surface area contributed by atoms with E-state index < -0.39 is 446 Å². The fourth-order valence-corrected chi connectivity index (χ4v) is 18.5. The van der Waals surface area contributed by atoms with Gasteiger partial charge in [0, 0.05) is 46.9 Å². The quantitative estimate of drug-likeness (QED) is 0.0289. The fourth-order valence-electron chi connectivity index (χ4n) is 18.5. The van der Waals surface area contributed by atoms with E-state index in [-0.39, 0.29) is 11.3 Å². The molecule has 10 saturated heterocycles. The first-order valence-corrected chi connectivity index (χ1v) is 46.4. The molecule has 0 aliphatic carbocycles. The Labute approximate surface area is 827 Å². The van der Waals surface area contributed by atoms with E-state index in [9.17, 15) is 182 Å². The van der Waals surface area contributed by atoms with Gasteiger partial charge in [-0.2, -0.15) is 0 Å². The van der Waals surface area contributed by atoms with E-state index in [1.807, 2.05) is 0 Å². The average molecular weight is 2130 g/mol. The molecule has 54 atom stereocenters. The number of benzene rings is 1. The molecule has 63 nitrogen and oxygen atoms in total. The van der Waals surface area contributed by atoms with Crippen molar-refractivity contribution in [2.75, 3.05) is 84.5 Å². The molecule has 22 unspecified atom stereocenters. The zero-order chi connectivity index (χ0) is 107. The van der Waals surface area contributed by atoms with Crippen molar-refractivity contribution in [3.63, 3.8) is 0 Å². The number of aliphatic hydroxyl groups excluding tert-OH is 30. The molecule has 0 saturated carbocycles. The van der Waals surface area contributed by atoms with Gasteiger partial charge in [0.15, 0.2) is 62.9 Å². The van der Waals surface area contributed by atoms with Crippen LogP contribution < -0.4 is 37.6 Å². The molecule has 10 aliphatic rings. The lowest BCUT2D eigenvalue weighted by atomic mass is 9.93. The predicted octanol–water partition coefficient (Wildman–Crippen LogP) is -23.4. The number of carbonyl (C=O) groups excluding carboxylic acids is 6. The zero-order valence-electron chi connectivity index (χ0n) is 78.6. The molecule has 146 heavy (non-hydrogen) atoms. The van der Waals surface area contributed by atoms with Gasteiger partial charge in [-0.1, -0.05) is 12.1 Å². The van der Waals surface area contributed by atoms with E-state index in [1.165, 1.54) is 24.3 Å². The van der Waals surface area contributed by atoms with Gasteiger partial charge in [0.05, 0.1) is 84.3 Å². The third-order valence-corrected chi connectivity index (χ3v) is 26.2. The number of hydrogen-bond acceptors (Lipinski definition) is 57. The lowest BCUT2D eigenvalue weighted by Gasteiger charge is -2.52. The van der Waals surface area contributed by atoms with Crippen molar-refractivity contribution in [3.05, 3.63) is 29.8 Å². The summed E-state index contributed by atoms with van der Waals surface area (Å²) < 4.78 is 121. The van der Waals surface area contributed by atoms with Crippen molar-refractivity contribution >= 4 is 41.1 Å². The number of carbonyl (C=O) groups is 6. The summed E-state index contributed by atoms with van der Waals surface area (Å²) in [5.74, 6) is -5.92. The Balaban J connectivity index is 0.991. The number of rotatable bonds is 43. The Morgan fingerprint density at radius 2 is 0.603 bits per heavy atom. The second-order valence-electron chi connectivity index (χ2n) is 36.4. The summed E-state index contributed by atoms with van der Waals surface area (Å²) >= 11 is 0. The number of ether oxygens (including phenoxy) is 20. The number of nitrogens with two attached hydrogens (primary N) is 1. The van der Waals surface area contributed by atoms with E-state index in [0.29, 0.717) is 0 Å². The first kappa shape index (κ1) is 120. The first-order chi connectivity index (χ1) is 69.2. The molecule has 63 heteroatoms. The topological polar surface area (TPSA) is 992 Å². The minimum absolute atomic E-state index is 0.0576. The highest BCUT2D eigenvalue weighted by Crippen LogP contribution is 2.42. The number of hydrogen-bond donors (Lipinski definition) is 37. The SMILES string of the molecule is CC(=O)NC(CNc1ccccc1C(N)=O)[C@@H](O)[C@H](O[C@@H]1OC(CO)[C@@H](O[C@@H]2OC(CO[C@H]3OC(CO)[C@@H](O)[C@H](O)C3O[C@@H]3OC(CO)[C@@H](O[C@@H]4OC(CO)[C@H](O)[C@H](O)C4O)[C@H](O)C3NC(C)=O)[C@@H](O)[C@H](O[C@H]3OC(CO)[C@@H](O[C@@H]4OC(CO)[C@@H](O[C@@H]5OC(CO)[C@H](O)[C@H](O)C5O)[C@H](O)C4NC(C)=O)[C@H](O)C3O[C@@H]3OC(CO)[C@@H](O[C@@H]4OC(CO)[C@H](O)[C@H](O)C4O)[C@H](O)C3NC(C)=O)C2O)[C@H](O)C1NC(C)=O)C(O)CO. The van der Waals surface area contributed by atoms with Gasteiger partial charge in [0.1, 0.15) is 262 Å². The van der Waals surface area contributed by atoms with Crippen LogP contribution in [0, 0.1) is 0 Å². The smallest absolute Gasteiger partial charge is 0.250 e. The number of primary amides is 1. The van der Waals surface area contributed by atoms with E-state index in [2.05, 4.69) is 31.9 Å². The Morgan fingerprint density at radius 1 is 0.308 bits per heavy atom. The molecule has 10 fully saturated rings. The third-order valence-electron chi connectivity index (χ3n) is 26.2. The Kier molecular flexibility index (Phi) is 44.1. The molecule has 6 amide bonds. The molecule has 0 radical (unpaired) electrons. The highest BCUT2D eigenvalue weighted by Gasteiger charge is 2.63. The Bertz CT molecular complexity index is 4260. The average Bonchev–Trinajstić information content (AvgIpc) is 0.755. The van der Waals surface area contributed by atoms with E-state index >= 15 is 0 Å². The van der Waals surface area contributed by atoms with Gasteiger partial charge in [0.2, 0.25) is 29.5 Å². The molecule has 1 aromatic rings. The van der Waals surface area contributed by atoms with Crippen molar-refractivity contribution < 1.29 is 277 Å². The van der Waals surface area contributed by atoms with E-state index in [0.717, 1.165) is 34.6 Å². The van der Waals surface area contributed by atoms with Crippen LogP contribution in [0.4, 0.5) is 5.69 Å². The van der Waals surface area contributed by atoms with Gasteiger partial charge in [0.25, 0.3) is 5.91 Å². The van der Waals surface area contributed by atoms with Crippen LogP contribution in [-0.2, 0) is 119 Å². The number of para-hydroxylation sites is 1. The monoisotopic (exact) mass is 2130 g/mol. The molecule has 0 spiro atoms. The lowest BCUT2D eigenvalue weighted by Crippen LogP contribution is -2.71. The maximum atomic E-state index is 13.5. The standard InChI is InChI=1S/C83H135N7O56/c1-22(101)86-29(10-85-28-9-7-6-8-27(28)73(84)126)45(107)64(30(106)11-91)138-74-41(87-23(2)102)51(113)68(38(19-99)132-74)143-81-63(125)70(50(112)40(137-81)21-127-82-71(58(120)49(111)34(15-95)131-82)145-76-43(89-25(4)104)53(115)66(36(17-97)134-76)141-79-60(122)56(118)47(109)32(13-93)129-79)144-83-72(146-77-44(90-26(5)105)54(116)67(37(18-98)135-77)142-80-61(123)57(119)48(110)33(14-94)130-80)62(124)69(39(20-100)136-83)139-75-42(88-24(3)103)52(114)65(35(16-96)133-75)140-78-59(121)55(117)46(108)31(12-92)128-78/h6-9,29-72,74-83,85,91-100,106-125H,10-21H2,1-5H3,(H2,84,126)(H,86,101)(H,87,102)(H,88,103)(H,89,104)(H,90,105)/t29?,30?,31?,32?,33?,34?,35?,36?,37?,38?,39?,40?,41?,42?,43?,44?,45-,46+,47+,48+,49-,50-,51-,52-,53-,54-,55+,56+,57+,58+,59?,60?,61?,62+,63?,64-,65-,66-,67-,68-,69-,70+,71?,72?,74+,75+,76+,77+,78+,79+,80+,81+,82+,83-/m1/s1. The predicted molar refractivity (Wildman–Crippen MR) is 459 cm³/mol.